The summed E-state index contributed by atoms with van der Waals surface area (Å²) in [4.78, 5) is 37.2. The Bertz CT molecular complexity index is 881. The van der Waals surface area contributed by atoms with Crippen LogP contribution < -0.4 is 10.1 Å². The van der Waals surface area contributed by atoms with Gasteiger partial charge in [-0.25, -0.2) is 0 Å². The molecule has 1 N–H and O–H groups in total. The molecule has 3 rings (SSSR count). The third-order valence-electron chi connectivity index (χ3n) is 4.13. The first-order valence-corrected chi connectivity index (χ1v) is 9.93. The van der Waals surface area contributed by atoms with Crippen LogP contribution in [0.4, 0.5) is 10.5 Å². The molecule has 0 radical (unpaired) electrons. The maximum atomic E-state index is 12.6. The van der Waals surface area contributed by atoms with Crippen LogP contribution in [0.15, 0.2) is 48.5 Å². The molecule has 146 valence electrons. The van der Waals surface area contributed by atoms with E-state index in [-0.39, 0.29) is 29.4 Å². The number of rotatable bonds is 6. The van der Waals surface area contributed by atoms with Crippen molar-refractivity contribution in [3.8, 4) is 5.75 Å². The first-order chi connectivity index (χ1) is 13.2. The lowest BCUT2D eigenvalue weighted by Crippen LogP contribution is -2.42. The van der Waals surface area contributed by atoms with Gasteiger partial charge in [0.2, 0.25) is 5.91 Å². The van der Waals surface area contributed by atoms with Crippen LogP contribution in [-0.2, 0) is 16.1 Å². The molecule has 1 aliphatic heterocycles. The van der Waals surface area contributed by atoms with Crippen molar-refractivity contribution < 1.29 is 19.1 Å². The summed E-state index contributed by atoms with van der Waals surface area (Å²) >= 11 is 6.87. The van der Waals surface area contributed by atoms with Crippen molar-refractivity contribution in [3.05, 3.63) is 59.1 Å². The minimum atomic E-state index is -1.10. The lowest BCUT2D eigenvalue weighted by molar-refractivity contribution is -0.128. The topological polar surface area (TPSA) is 75.7 Å². The Labute approximate surface area is 172 Å². The number of carbonyl (C=O) groups excluding carboxylic acids is 3. The molecule has 0 aliphatic carbocycles. The van der Waals surface area contributed by atoms with Crippen LogP contribution in [0.1, 0.15) is 19.4 Å². The monoisotopic (exact) mass is 418 g/mol. The number of halogens is 1. The van der Waals surface area contributed by atoms with E-state index in [0.717, 1.165) is 17.3 Å². The van der Waals surface area contributed by atoms with Crippen LogP contribution in [0.25, 0.3) is 0 Å². The number of hydrogen-bond acceptors (Lipinski definition) is 5. The zero-order chi connectivity index (χ0) is 20.3. The Morgan fingerprint density at radius 1 is 1.14 bits per heavy atom. The number of benzene rings is 2. The molecule has 0 unspecified atom stereocenters. The molecular formula is C20H19ClN2O4S. The van der Waals surface area contributed by atoms with Gasteiger partial charge in [0.15, 0.2) is 5.60 Å². The van der Waals surface area contributed by atoms with E-state index in [1.165, 1.54) is 4.90 Å². The highest BCUT2D eigenvalue weighted by atomic mass is 35.5. The lowest BCUT2D eigenvalue weighted by atomic mass is 10.1. The molecule has 8 heteroatoms. The Hall–Kier alpha value is -2.51. The molecule has 0 spiro atoms. The third-order valence-corrected chi connectivity index (χ3v) is 5.24. The average molecular weight is 419 g/mol. The number of thioether (sulfide) groups is 1. The molecule has 2 aromatic rings. The van der Waals surface area contributed by atoms with Gasteiger partial charge >= 0.3 is 0 Å². The molecule has 6 nitrogen and oxygen atoms in total. The van der Waals surface area contributed by atoms with E-state index in [4.69, 9.17) is 16.3 Å². The fourth-order valence-corrected chi connectivity index (χ4v) is 3.39. The van der Waals surface area contributed by atoms with Crippen LogP contribution in [0.5, 0.6) is 5.75 Å². The molecule has 2 aromatic carbocycles. The van der Waals surface area contributed by atoms with Crippen LogP contribution in [-0.4, -0.2) is 33.3 Å². The molecule has 1 fully saturated rings. The minimum Gasteiger partial charge on any atom is -0.478 e. The van der Waals surface area contributed by atoms with Gasteiger partial charge in [0.25, 0.3) is 11.1 Å². The number of ether oxygens (including phenoxy) is 1. The number of hydrogen-bond donors (Lipinski definition) is 1. The van der Waals surface area contributed by atoms with E-state index in [2.05, 4.69) is 5.32 Å². The van der Waals surface area contributed by atoms with Crippen LogP contribution in [0, 0.1) is 0 Å². The summed E-state index contributed by atoms with van der Waals surface area (Å²) in [5, 5.41) is 3.17. The summed E-state index contributed by atoms with van der Waals surface area (Å²) in [6.45, 7) is 3.57. The van der Waals surface area contributed by atoms with Gasteiger partial charge in [0.1, 0.15) is 5.75 Å². The van der Waals surface area contributed by atoms with Gasteiger partial charge in [-0.3, -0.25) is 19.3 Å². The molecular weight excluding hydrogens is 400 g/mol. The second-order valence-electron chi connectivity index (χ2n) is 6.75. The maximum absolute atomic E-state index is 12.6. The molecule has 1 saturated heterocycles. The molecule has 3 amide bonds. The summed E-state index contributed by atoms with van der Waals surface area (Å²) in [5.41, 5.74) is 0.298. The van der Waals surface area contributed by atoms with E-state index < -0.39 is 5.60 Å². The van der Waals surface area contributed by atoms with Gasteiger partial charge in [0.05, 0.1) is 12.3 Å². The third kappa shape index (κ3) is 4.85. The van der Waals surface area contributed by atoms with Crippen molar-refractivity contribution in [1.82, 2.24) is 4.90 Å². The van der Waals surface area contributed by atoms with Crippen LogP contribution in [0.2, 0.25) is 5.02 Å². The van der Waals surface area contributed by atoms with E-state index in [0.29, 0.717) is 16.5 Å². The number of nitrogens with zero attached hydrogens (tertiary/aromatic N) is 1. The summed E-state index contributed by atoms with van der Waals surface area (Å²) < 4.78 is 5.77. The van der Waals surface area contributed by atoms with Crippen molar-refractivity contribution in [1.29, 1.82) is 0 Å². The maximum Gasteiger partial charge on any atom is 0.289 e. The first-order valence-electron chi connectivity index (χ1n) is 8.57. The predicted molar refractivity (Wildman–Crippen MR) is 110 cm³/mol. The van der Waals surface area contributed by atoms with E-state index in [1.54, 1.807) is 62.4 Å². The van der Waals surface area contributed by atoms with Crippen LogP contribution in [0.3, 0.4) is 0 Å². The summed E-state index contributed by atoms with van der Waals surface area (Å²) in [5.74, 6) is 0.234. The second kappa shape index (κ2) is 8.24. The molecule has 1 aliphatic rings. The fraction of sp³-hybridized carbons (Fsp3) is 0.250. The van der Waals surface area contributed by atoms with Crippen molar-refractivity contribution in [2.24, 2.45) is 0 Å². The molecule has 1 heterocycles. The van der Waals surface area contributed by atoms with Crippen molar-refractivity contribution >= 4 is 46.1 Å². The standard InChI is InChI=1S/C20H19ClN2O4S/c1-20(2,27-16-9-5-14(21)6-10-16)18(25)22-15-7-3-13(4-8-15)11-23-17(24)12-28-19(23)26/h3-10H,11-12H2,1-2H3,(H,22,25). The summed E-state index contributed by atoms with van der Waals surface area (Å²) in [6.07, 6.45) is 0. The van der Waals surface area contributed by atoms with E-state index in [1.807, 2.05) is 0 Å². The number of amides is 3. The molecule has 28 heavy (non-hydrogen) atoms. The predicted octanol–water partition coefficient (Wildman–Crippen LogP) is 4.33. The average Bonchev–Trinajstić information content (AvgIpc) is 2.97. The molecule has 0 bridgehead atoms. The van der Waals surface area contributed by atoms with Crippen LogP contribution >= 0.6 is 23.4 Å². The Morgan fingerprint density at radius 2 is 1.79 bits per heavy atom. The first kappa shape index (κ1) is 20.2. The molecule has 0 saturated carbocycles. The highest BCUT2D eigenvalue weighted by Crippen LogP contribution is 2.24. The molecule has 0 aromatic heterocycles. The SMILES string of the molecule is CC(C)(Oc1ccc(Cl)cc1)C(=O)Nc1ccc(CN2C(=O)CSC2=O)cc1. The minimum absolute atomic E-state index is 0.187. The summed E-state index contributed by atoms with van der Waals surface area (Å²) in [6, 6.07) is 13.8. The van der Waals surface area contributed by atoms with E-state index in [9.17, 15) is 14.4 Å². The van der Waals surface area contributed by atoms with E-state index >= 15 is 0 Å². The van der Waals surface area contributed by atoms with Gasteiger partial charge in [-0.15, -0.1) is 0 Å². The number of nitrogens with one attached hydrogen (secondary N) is 1. The van der Waals surface area contributed by atoms with Gasteiger partial charge < -0.3 is 10.1 Å². The molecule has 0 atom stereocenters. The quantitative estimate of drug-likeness (QED) is 0.755. The van der Waals surface area contributed by atoms with Gasteiger partial charge in [-0.05, 0) is 55.8 Å². The second-order valence-corrected chi connectivity index (χ2v) is 8.11. The lowest BCUT2D eigenvalue weighted by Gasteiger charge is -2.25. The fourth-order valence-electron chi connectivity index (χ4n) is 2.54. The Balaban J connectivity index is 1.61. The van der Waals surface area contributed by atoms with Gasteiger partial charge in [-0.2, -0.15) is 0 Å². The Morgan fingerprint density at radius 3 is 2.36 bits per heavy atom. The zero-order valence-corrected chi connectivity index (χ0v) is 17.0. The van der Waals surface area contributed by atoms with Gasteiger partial charge in [0, 0.05) is 10.7 Å². The highest BCUT2D eigenvalue weighted by molar-refractivity contribution is 8.14. The van der Waals surface area contributed by atoms with Gasteiger partial charge in [-0.1, -0.05) is 35.5 Å². The number of anilines is 1. The largest absolute Gasteiger partial charge is 0.478 e. The zero-order valence-electron chi connectivity index (χ0n) is 15.4. The summed E-state index contributed by atoms with van der Waals surface area (Å²) in [7, 11) is 0. The normalized spacial score (nSPS) is 14.3. The number of imide groups is 1. The highest BCUT2D eigenvalue weighted by Gasteiger charge is 2.31. The van der Waals surface area contributed by atoms with Crippen molar-refractivity contribution in [3.63, 3.8) is 0 Å². The van der Waals surface area contributed by atoms with Crippen molar-refractivity contribution in [2.45, 2.75) is 26.0 Å². The van der Waals surface area contributed by atoms with Crippen molar-refractivity contribution in [2.75, 3.05) is 11.1 Å². The Kier molecular flexibility index (Phi) is 5.96. The number of carbonyl (C=O) groups is 3. The smallest absolute Gasteiger partial charge is 0.289 e.